The average Bonchev–Trinajstić information content (AvgIpc) is 3.11. The van der Waals surface area contributed by atoms with Crippen LogP contribution < -0.4 is 10.6 Å². The quantitative estimate of drug-likeness (QED) is 0.411. The fraction of sp³-hybridized carbons (Fsp3) is 0.706. The van der Waals surface area contributed by atoms with Gasteiger partial charge >= 0.3 is 0 Å². The lowest BCUT2D eigenvalue weighted by Crippen LogP contribution is -2.67. The van der Waals surface area contributed by atoms with Crippen LogP contribution in [0, 0.1) is 5.41 Å². The van der Waals surface area contributed by atoms with Crippen LogP contribution in [0.5, 0.6) is 0 Å². The minimum atomic E-state index is 0. The molecule has 3 rings (SSSR count). The first kappa shape index (κ1) is 19.5. The van der Waals surface area contributed by atoms with E-state index in [1.165, 1.54) is 0 Å². The third-order valence-corrected chi connectivity index (χ3v) is 5.12. The highest BCUT2D eigenvalue weighted by Gasteiger charge is 2.56. The van der Waals surface area contributed by atoms with Crippen molar-refractivity contribution >= 4 is 29.9 Å². The third kappa shape index (κ3) is 4.05. The Bertz CT molecular complexity index is 515. The average molecular weight is 449 g/mol. The first-order valence-corrected chi connectivity index (χ1v) is 8.47. The summed E-state index contributed by atoms with van der Waals surface area (Å²) in [6, 6.07) is 4.23. The predicted molar refractivity (Wildman–Crippen MR) is 104 cm³/mol. The maximum absolute atomic E-state index is 5.96. The van der Waals surface area contributed by atoms with Gasteiger partial charge in [-0.05, 0) is 38.3 Å². The molecule has 1 aliphatic heterocycles. The molecule has 136 valence electrons. The van der Waals surface area contributed by atoms with Gasteiger partial charge in [0.15, 0.2) is 5.96 Å². The number of guanidine groups is 1. The summed E-state index contributed by atoms with van der Waals surface area (Å²) >= 11 is 0. The maximum Gasteiger partial charge on any atom is 0.191 e. The Morgan fingerprint density at radius 3 is 2.83 bits per heavy atom. The van der Waals surface area contributed by atoms with E-state index in [4.69, 9.17) is 13.9 Å². The molecule has 2 N–H and O–H groups in total. The largest absolute Gasteiger partial charge is 0.467 e. The molecule has 7 heteroatoms. The van der Waals surface area contributed by atoms with Crippen LogP contribution in [0.4, 0.5) is 0 Å². The van der Waals surface area contributed by atoms with Gasteiger partial charge in [0, 0.05) is 38.3 Å². The molecule has 1 saturated carbocycles. The fourth-order valence-electron chi connectivity index (χ4n) is 3.75. The Morgan fingerprint density at radius 1 is 1.42 bits per heavy atom. The summed E-state index contributed by atoms with van der Waals surface area (Å²) in [7, 11) is 1.80. The zero-order valence-corrected chi connectivity index (χ0v) is 16.7. The van der Waals surface area contributed by atoms with Crippen molar-refractivity contribution < 1.29 is 13.9 Å². The monoisotopic (exact) mass is 449 g/mol. The molecule has 1 aromatic rings. The van der Waals surface area contributed by atoms with Gasteiger partial charge in [-0.25, -0.2) is 0 Å². The second-order valence-corrected chi connectivity index (χ2v) is 6.23. The normalized spacial score (nSPS) is 25.7. The topological polar surface area (TPSA) is 68.0 Å². The molecule has 0 bridgehead atoms. The molecule has 2 unspecified atom stereocenters. The van der Waals surface area contributed by atoms with Crippen LogP contribution in [-0.4, -0.2) is 45.0 Å². The van der Waals surface area contributed by atoms with Crippen molar-refractivity contribution in [3.05, 3.63) is 24.2 Å². The molecule has 6 nitrogen and oxygen atoms in total. The highest BCUT2D eigenvalue weighted by Crippen LogP contribution is 2.50. The standard InChI is InChI=1S/C17H27N3O3.HI/c1-3-22-15-11-14(17(15)6-9-21-10-7-17)20-16(18-2)19-12-13-5-4-8-23-13;/h4-5,8,14-15H,3,6-7,9-12H2,1-2H3,(H2,18,19,20);1H. The third-order valence-electron chi connectivity index (χ3n) is 5.12. The number of hydrogen-bond donors (Lipinski definition) is 2. The minimum absolute atomic E-state index is 0. The zero-order valence-electron chi connectivity index (χ0n) is 14.4. The second-order valence-electron chi connectivity index (χ2n) is 6.23. The highest BCUT2D eigenvalue weighted by molar-refractivity contribution is 14.0. The lowest BCUT2D eigenvalue weighted by molar-refractivity contribution is -0.169. The number of hydrogen-bond acceptors (Lipinski definition) is 4. The predicted octanol–water partition coefficient (Wildman–Crippen LogP) is 2.54. The van der Waals surface area contributed by atoms with E-state index in [0.29, 0.717) is 18.7 Å². The van der Waals surface area contributed by atoms with E-state index in [2.05, 4.69) is 22.5 Å². The maximum atomic E-state index is 5.96. The summed E-state index contributed by atoms with van der Waals surface area (Å²) in [6.07, 6.45) is 5.13. The van der Waals surface area contributed by atoms with Crippen molar-refractivity contribution in [3.8, 4) is 0 Å². The van der Waals surface area contributed by atoms with Gasteiger partial charge in [-0.15, -0.1) is 24.0 Å². The van der Waals surface area contributed by atoms with Crippen LogP contribution in [0.25, 0.3) is 0 Å². The summed E-state index contributed by atoms with van der Waals surface area (Å²) in [4.78, 5) is 4.34. The van der Waals surface area contributed by atoms with E-state index in [9.17, 15) is 0 Å². The van der Waals surface area contributed by atoms with Crippen molar-refractivity contribution in [1.29, 1.82) is 0 Å². The SMILES string of the molecule is CCOC1CC(NC(=NC)NCc2ccco2)C12CCOCC2.I. The van der Waals surface area contributed by atoms with E-state index >= 15 is 0 Å². The van der Waals surface area contributed by atoms with Crippen LogP contribution in [-0.2, 0) is 16.0 Å². The summed E-state index contributed by atoms with van der Waals surface area (Å²) in [5.74, 6) is 1.71. The molecule has 1 aliphatic carbocycles. The number of ether oxygens (including phenoxy) is 2. The minimum Gasteiger partial charge on any atom is -0.467 e. The van der Waals surface area contributed by atoms with Gasteiger partial charge in [-0.3, -0.25) is 4.99 Å². The van der Waals surface area contributed by atoms with Crippen molar-refractivity contribution in [2.75, 3.05) is 26.9 Å². The van der Waals surface area contributed by atoms with Gasteiger partial charge in [0.1, 0.15) is 5.76 Å². The smallest absolute Gasteiger partial charge is 0.191 e. The Kier molecular flexibility index (Phi) is 7.36. The van der Waals surface area contributed by atoms with E-state index in [1.807, 2.05) is 12.1 Å². The molecular formula is C17H28IN3O3. The van der Waals surface area contributed by atoms with Gasteiger partial charge in [0.2, 0.25) is 0 Å². The Balaban J connectivity index is 0.00000208. The number of rotatable bonds is 5. The molecule has 1 aromatic heterocycles. The molecule has 0 aromatic carbocycles. The van der Waals surface area contributed by atoms with Crippen molar-refractivity contribution in [2.45, 2.75) is 44.9 Å². The van der Waals surface area contributed by atoms with Crippen LogP contribution >= 0.6 is 24.0 Å². The van der Waals surface area contributed by atoms with Gasteiger partial charge in [0.25, 0.3) is 0 Å². The van der Waals surface area contributed by atoms with Gasteiger partial charge in [-0.1, -0.05) is 0 Å². The molecule has 1 saturated heterocycles. The van der Waals surface area contributed by atoms with E-state index in [0.717, 1.165) is 50.8 Å². The number of nitrogens with one attached hydrogen (secondary N) is 2. The molecule has 0 radical (unpaired) electrons. The Morgan fingerprint density at radius 2 is 2.21 bits per heavy atom. The van der Waals surface area contributed by atoms with Gasteiger partial charge < -0.3 is 24.5 Å². The van der Waals surface area contributed by atoms with Gasteiger partial charge in [0.05, 0.1) is 18.9 Å². The second kappa shape index (κ2) is 9.05. The van der Waals surface area contributed by atoms with Crippen molar-refractivity contribution in [1.82, 2.24) is 10.6 Å². The van der Waals surface area contributed by atoms with Crippen LogP contribution in [0.3, 0.4) is 0 Å². The molecule has 2 atom stereocenters. The van der Waals surface area contributed by atoms with E-state index in [1.54, 1.807) is 13.3 Å². The highest BCUT2D eigenvalue weighted by atomic mass is 127. The van der Waals surface area contributed by atoms with Crippen LogP contribution in [0.15, 0.2) is 27.8 Å². The first-order valence-electron chi connectivity index (χ1n) is 8.47. The van der Waals surface area contributed by atoms with Crippen molar-refractivity contribution in [2.24, 2.45) is 10.4 Å². The molecule has 2 fully saturated rings. The summed E-state index contributed by atoms with van der Waals surface area (Å²) < 4.78 is 16.9. The van der Waals surface area contributed by atoms with Gasteiger partial charge in [-0.2, -0.15) is 0 Å². The van der Waals surface area contributed by atoms with Crippen molar-refractivity contribution in [3.63, 3.8) is 0 Å². The Labute approximate surface area is 160 Å². The molecular weight excluding hydrogens is 421 g/mol. The fourth-order valence-corrected chi connectivity index (χ4v) is 3.75. The number of aliphatic imine (C=N–C) groups is 1. The molecule has 2 aliphatic rings. The summed E-state index contributed by atoms with van der Waals surface area (Å²) in [6.45, 7) is 5.11. The molecule has 24 heavy (non-hydrogen) atoms. The van der Waals surface area contributed by atoms with Crippen LogP contribution in [0.1, 0.15) is 31.9 Å². The van der Waals surface area contributed by atoms with Crippen LogP contribution in [0.2, 0.25) is 0 Å². The lowest BCUT2D eigenvalue weighted by Gasteiger charge is -2.57. The molecule has 0 amide bonds. The summed E-state index contributed by atoms with van der Waals surface area (Å²) in [5.41, 5.74) is 0.177. The number of halogens is 1. The molecule has 1 spiro atoms. The zero-order chi connectivity index (χ0) is 16.1. The molecule has 2 heterocycles. The Hall–Kier alpha value is -0.800. The lowest BCUT2D eigenvalue weighted by atomic mass is 9.57. The first-order chi connectivity index (χ1) is 11.3. The number of nitrogens with zero attached hydrogens (tertiary/aromatic N) is 1. The number of furan rings is 1. The summed E-state index contributed by atoms with van der Waals surface area (Å²) in [5, 5.41) is 6.89. The van der Waals surface area contributed by atoms with E-state index < -0.39 is 0 Å². The van der Waals surface area contributed by atoms with E-state index in [-0.39, 0.29) is 29.4 Å².